The van der Waals surface area contributed by atoms with E-state index in [0.29, 0.717) is 25.7 Å². The lowest BCUT2D eigenvalue weighted by Gasteiger charge is -2.16. The van der Waals surface area contributed by atoms with E-state index in [2.05, 4.69) is 19.9 Å². The zero-order valence-corrected chi connectivity index (χ0v) is 31.5. The lowest BCUT2D eigenvalue weighted by atomic mass is 10.0. The monoisotopic (exact) mass is 683 g/mol. The van der Waals surface area contributed by atoms with Gasteiger partial charge in [-0.05, 0) is 38.5 Å². The molecule has 7 nitrogen and oxygen atoms in total. The van der Waals surface area contributed by atoms with Crippen molar-refractivity contribution in [3.8, 4) is 0 Å². The van der Waals surface area contributed by atoms with Crippen LogP contribution in [0.15, 0.2) is 12.2 Å². The molecule has 0 aromatic rings. The van der Waals surface area contributed by atoms with Crippen LogP contribution >= 0.6 is 0 Å². The molecule has 284 valence electrons. The second kappa shape index (κ2) is 36.8. The number of carbonyl (C=O) groups is 2. The molecule has 0 aliphatic carbocycles. The van der Waals surface area contributed by atoms with Gasteiger partial charge in [-0.3, -0.25) is 9.59 Å². The molecule has 0 bridgehead atoms. The number of rotatable bonds is 37. The van der Waals surface area contributed by atoms with Crippen LogP contribution in [0.2, 0.25) is 0 Å². The molecular weight excluding hydrogens is 604 g/mol. The summed E-state index contributed by atoms with van der Waals surface area (Å²) in [6.07, 6.45) is 34.4. The Morgan fingerprint density at radius 3 is 1.48 bits per heavy atom. The Morgan fingerprint density at radius 1 is 0.542 bits per heavy atom. The Kier molecular flexibility index (Phi) is 35.7. The van der Waals surface area contributed by atoms with E-state index >= 15 is 0 Å². The molecule has 0 rings (SSSR count). The standard InChI is InChI=1S/C41H78O7/c1-3-5-7-9-11-12-13-14-15-16-17-18-19-20-21-25-30-34-41(46)48-37(35-42)36-47-40(45)33-29-26-22-24-28-32-39(44)38(43)31-27-23-10-8-6-4-2/h23,27,37-39,42-44H,3-22,24-26,28-36H2,1-2H3/b27-23-/t37-,38+,39+/m0/s1. The van der Waals surface area contributed by atoms with E-state index < -0.39 is 18.3 Å². The predicted octanol–water partition coefficient (Wildman–Crippen LogP) is 10.5. The predicted molar refractivity (Wildman–Crippen MR) is 199 cm³/mol. The molecule has 0 saturated carbocycles. The van der Waals surface area contributed by atoms with Gasteiger partial charge in [-0.15, -0.1) is 0 Å². The van der Waals surface area contributed by atoms with Gasteiger partial charge in [0.15, 0.2) is 6.10 Å². The summed E-state index contributed by atoms with van der Waals surface area (Å²) in [5.74, 6) is -0.693. The fourth-order valence-electron chi connectivity index (χ4n) is 5.99. The largest absolute Gasteiger partial charge is 0.462 e. The van der Waals surface area contributed by atoms with E-state index in [9.17, 15) is 24.9 Å². The van der Waals surface area contributed by atoms with Crippen LogP contribution in [-0.4, -0.2) is 58.8 Å². The summed E-state index contributed by atoms with van der Waals surface area (Å²) in [6.45, 7) is 3.96. The molecule has 0 spiro atoms. The fourth-order valence-corrected chi connectivity index (χ4v) is 5.99. The van der Waals surface area contributed by atoms with Crippen molar-refractivity contribution in [2.24, 2.45) is 0 Å². The molecule has 3 N–H and O–H groups in total. The first-order valence-corrected chi connectivity index (χ1v) is 20.4. The van der Waals surface area contributed by atoms with E-state index in [1.54, 1.807) is 0 Å². The molecule has 0 radical (unpaired) electrons. The molecule has 3 atom stereocenters. The molecular formula is C41H78O7. The summed E-state index contributed by atoms with van der Waals surface area (Å²) in [5, 5.41) is 29.8. The van der Waals surface area contributed by atoms with E-state index in [0.717, 1.165) is 51.4 Å². The zero-order valence-electron chi connectivity index (χ0n) is 31.5. The molecule has 0 aromatic heterocycles. The second-order valence-electron chi connectivity index (χ2n) is 14.0. The number of allylic oxidation sites excluding steroid dienone is 1. The smallest absolute Gasteiger partial charge is 0.306 e. The molecule has 7 heteroatoms. The minimum Gasteiger partial charge on any atom is -0.462 e. The van der Waals surface area contributed by atoms with Gasteiger partial charge in [-0.25, -0.2) is 0 Å². The van der Waals surface area contributed by atoms with Gasteiger partial charge in [0.1, 0.15) is 6.61 Å². The fraction of sp³-hybridized carbons (Fsp3) is 0.902. The Balaban J connectivity index is 3.63. The number of esters is 2. The van der Waals surface area contributed by atoms with E-state index in [1.807, 2.05) is 6.08 Å². The van der Waals surface area contributed by atoms with Crippen LogP contribution < -0.4 is 0 Å². The van der Waals surface area contributed by atoms with Crippen molar-refractivity contribution in [1.82, 2.24) is 0 Å². The minimum atomic E-state index is -0.814. The average molecular weight is 683 g/mol. The summed E-state index contributed by atoms with van der Waals surface area (Å²) in [7, 11) is 0. The highest BCUT2D eigenvalue weighted by molar-refractivity contribution is 5.70. The van der Waals surface area contributed by atoms with Crippen LogP contribution in [0.1, 0.15) is 206 Å². The molecule has 0 amide bonds. The molecule has 0 unspecified atom stereocenters. The quantitative estimate of drug-likeness (QED) is 0.0339. The summed E-state index contributed by atoms with van der Waals surface area (Å²) in [4.78, 5) is 24.3. The first kappa shape index (κ1) is 46.6. The Labute approximate surface area is 296 Å². The summed E-state index contributed by atoms with van der Waals surface area (Å²) >= 11 is 0. The maximum absolute atomic E-state index is 12.2. The molecule has 0 aliphatic rings. The number of aliphatic hydroxyl groups excluding tert-OH is 3. The maximum atomic E-state index is 12.2. The molecule has 48 heavy (non-hydrogen) atoms. The Hall–Kier alpha value is -1.44. The van der Waals surface area contributed by atoms with Crippen molar-refractivity contribution in [3.63, 3.8) is 0 Å². The van der Waals surface area contributed by atoms with Gasteiger partial charge in [-0.1, -0.05) is 167 Å². The van der Waals surface area contributed by atoms with Crippen molar-refractivity contribution in [2.45, 2.75) is 225 Å². The molecule has 0 fully saturated rings. The van der Waals surface area contributed by atoms with Crippen LogP contribution in [0.25, 0.3) is 0 Å². The van der Waals surface area contributed by atoms with Crippen molar-refractivity contribution < 1.29 is 34.4 Å². The first-order valence-electron chi connectivity index (χ1n) is 20.4. The molecule has 0 aromatic carbocycles. The van der Waals surface area contributed by atoms with Crippen LogP contribution in [0, 0.1) is 0 Å². The number of ether oxygens (including phenoxy) is 2. The van der Waals surface area contributed by atoms with Gasteiger partial charge in [0.25, 0.3) is 0 Å². The minimum absolute atomic E-state index is 0.117. The molecule has 0 saturated heterocycles. The number of hydrogen-bond acceptors (Lipinski definition) is 7. The van der Waals surface area contributed by atoms with Crippen molar-refractivity contribution >= 4 is 11.9 Å². The summed E-state index contributed by atoms with van der Waals surface area (Å²) in [6, 6.07) is 0. The summed E-state index contributed by atoms with van der Waals surface area (Å²) < 4.78 is 10.6. The van der Waals surface area contributed by atoms with Gasteiger partial charge >= 0.3 is 11.9 Å². The van der Waals surface area contributed by atoms with Crippen molar-refractivity contribution in [3.05, 3.63) is 12.2 Å². The van der Waals surface area contributed by atoms with E-state index in [1.165, 1.54) is 109 Å². The van der Waals surface area contributed by atoms with Gasteiger partial charge < -0.3 is 24.8 Å². The third-order valence-electron chi connectivity index (χ3n) is 9.26. The van der Waals surface area contributed by atoms with Gasteiger partial charge in [0, 0.05) is 12.8 Å². The van der Waals surface area contributed by atoms with Crippen LogP contribution in [0.3, 0.4) is 0 Å². The van der Waals surface area contributed by atoms with E-state index in [4.69, 9.17) is 9.47 Å². The molecule has 0 heterocycles. The third kappa shape index (κ3) is 33.1. The second-order valence-corrected chi connectivity index (χ2v) is 14.0. The lowest BCUT2D eigenvalue weighted by molar-refractivity contribution is -0.161. The van der Waals surface area contributed by atoms with Gasteiger partial charge in [0.05, 0.1) is 18.8 Å². The molecule has 0 aliphatic heterocycles. The highest BCUT2D eigenvalue weighted by Gasteiger charge is 2.16. The lowest BCUT2D eigenvalue weighted by Crippen LogP contribution is -2.28. The highest BCUT2D eigenvalue weighted by atomic mass is 16.6. The SMILES string of the molecule is CCCCC/C=C\C[C@@H](O)[C@H](O)CCCCCCCC(=O)OC[C@H](CO)OC(=O)CCCCCCCCCCCCCCCCCCC. The van der Waals surface area contributed by atoms with Crippen molar-refractivity contribution in [1.29, 1.82) is 0 Å². The first-order chi connectivity index (χ1) is 23.4. The van der Waals surface area contributed by atoms with Crippen LogP contribution in [0.5, 0.6) is 0 Å². The van der Waals surface area contributed by atoms with E-state index in [-0.39, 0.29) is 31.6 Å². The number of hydrogen-bond donors (Lipinski definition) is 3. The normalized spacial score (nSPS) is 13.5. The van der Waals surface area contributed by atoms with Gasteiger partial charge in [0.2, 0.25) is 0 Å². The average Bonchev–Trinajstić information content (AvgIpc) is 3.08. The zero-order chi connectivity index (χ0) is 35.3. The van der Waals surface area contributed by atoms with Crippen LogP contribution in [0.4, 0.5) is 0 Å². The van der Waals surface area contributed by atoms with Crippen LogP contribution in [-0.2, 0) is 19.1 Å². The number of unbranched alkanes of at least 4 members (excludes halogenated alkanes) is 23. The Bertz CT molecular complexity index is 726. The topological polar surface area (TPSA) is 113 Å². The third-order valence-corrected chi connectivity index (χ3v) is 9.26. The van der Waals surface area contributed by atoms with Crippen molar-refractivity contribution in [2.75, 3.05) is 13.2 Å². The van der Waals surface area contributed by atoms with Gasteiger partial charge in [-0.2, -0.15) is 0 Å². The number of carbonyl (C=O) groups excluding carboxylic acids is 2. The highest BCUT2D eigenvalue weighted by Crippen LogP contribution is 2.16. The Morgan fingerprint density at radius 2 is 0.979 bits per heavy atom. The maximum Gasteiger partial charge on any atom is 0.306 e. The number of aliphatic hydroxyl groups is 3. The summed E-state index contributed by atoms with van der Waals surface area (Å²) in [5.41, 5.74) is 0.